The fourth-order valence-corrected chi connectivity index (χ4v) is 1.29. The monoisotopic (exact) mass is 294 g/mol. The van der Waals surface area contributed by atoms with Crippen LogP contribution in [0.3, 0.4) is 0 Å². The van der Waals surface area contributed by atoms with Gasteiger partial charge in [0.25, 0.3) is 0 Å². The normalized spacial score (nSPS) is 11.4. The van der Waals surface area contributed by atoms with Crippen LogP contribution >= 0.6 is 0 Å². The van der Waals surface area contributed by atoms with E-state index in [0.29, 0.717) is 5.69 Å². The number of hydrogen-bond donors (Lipinski definition) is 3. The minimum absolute atomic E-state index is 0.147. The zero-order valence-corrected chi connectivity index (χ0v) is 12.1. The molecule has 0 bridgehead atoms. The summed E-state index contributed by atoms with van der Waals surface area (Å²) >= 11 is 0. The van der Waals surface area contributed by atoms with Crippen molar-refractivity contribution >= 4 is 24.0 Å². The van der Waals surface area contributed by atoms with Gasteiger partial charge in [0.05, 0.1) is 11.9 Å². The maximum atomic E-state index is 11.4. The number of carboxylic acid groups (broad SMARTS) is 1. The first-order chi connectivity index (χ1) is 9.69. The maximum absolute atomic E-state index is 11.4. The highest BCUT2D eigenvalue weighted by molar-refractivity contribution is 5.90. The lowest BCUT2D eigenvalue weighted by Crippen LogP contribution is -2.32. The van der Waals surface area contributed by atoms with Crippen LogP contribution in [0.4, 0.5) is 10.6 Å². The highest BCUT2D eigenvalue weighted by Gasteiger charge is 2.15. The third-order valence-electron chi connectivity index (χ3n) is 2.07. The van der Waals surface area contributed by atoms with Crippen molar-refractivity contribution in [2.45, 2.75) is 26.4 Å². The van der Waals surface area contributed by atoms with Gasteiger partial charge in [-0.2, -0.15) is 0 Å². The highest BCUT2D eigenvalue weighted by Crippen LogP contribution is 2.07. The predicted octanol–water partition coefficient (Wildman–Crippen LogP) is 1.29. The lowest BCUT2D eigenvalue weighted by molar-refractivity contribution is 0.0533. The highest BCUT2D eigenvalue weighted by atomic mass is 16.6. The van der Waals surface area contributed by atoms with Gasteiger partial charge >= 0.3 is 12.1 Å². The van der Waals surface area contributed by atoms with E-state index in [4.69, 9.17) is 15.6 Å². The Kier molecular flexibility index (Phi) is 5.23. The van der Waals surface area contributed by atoms with Crippen LogP contribution in [0.1, 0.15) is 37.0 Å². The third-order valence-corrected chi connectivity index (χ3v) is 2.07. The van der Waals surface area contributed by atoms with E-state index >= 15 is 0 Å². The second-order valence-corrected chi connectivity index (χ2v) is 5.12. The number of anilines is 1. The molecule has 0 fully saturated rings. The number of amides is 1. The molecule has 4 N–H and O–H groups in total. The number of rotatable bonds is 4. The summed E-state index contributed by atoms with van der Waals surface area (Å²) in [5.74, 6) is -1.39. The van der Waals surface area contributed by atoms with Crippen LogP contribution < -0.4 is 11.1 Å². The molecule has 0 spiro atoms. The van der Waals surface area contributed by atoms with Gasteiger partial charge in [0.2, 0.25) is 0 Å². The number of nitrogens with one attached hydrogen (secondary N) is 1. The molecule has 0 aliphatic heterocycles. The van der Waals surface area contributed by atoms with Gasteiger partial charge in [0.15, 0.2) is 11.5 Å². The van der Waals surface area contributed by atoms with E-state index in [0.717, 1.165) is 0 Å². The lowest BCUT2D eigenvalue weighted by Gasteiger charge is -2.19. The molecule has 1 rings (SSSR count). The van der Waals surface area contributed by atoms with Gasteiger partial charge in [-0.3, -0.25) is 0 Å². The summed E-state index contributed by atoms with van der Waals surface area (Å²) in [6.45, 7) is 5.50. The largest absolute Gasteiger partial charge is 0.476 e. The fourth-order valence-electron chi connectivity index (χ4n) is 1.29. The number of alkyl carbamates (subject to hydrolysis) is 1. The van der Waals surface area contributed by atoms with Crippen LogP contribution in [0.25, 0.3) is 6.08 Å². The summed E-state index contributed by atoms with van der Waals surface area (Å²) in [6, 6.07) is 0. The van der Waals surface area contributed by atoms with Gasteiger partial charge in [-0.25, -0.2) is 19.6 Å². The number of nitrogens with zero attached hydrogens (tertiary/aromatic N) is 2. The lowest BCUT2D eigenvalue weighted by atomic mass is 10.2. The summed E-state index contributed by atoms with van der Waals surface area (Å²) in [7, 11) is 0. The quantitative estimate of drug-likeness (QED) is 0.763. The van der Waals surface area contributed by atoms with E-state index in [1.54, 1.807) is 26.8 Å². The standard InChI is InChI=1S/C13H18N4O4/c1-13(2,3)21-12(20)15-6-4-5-8-7-16-10(14)9(17-8)11(18)19/h4-5,7H,6H2,1-3H3,(H2,14,16)(H,15,20)(H,18,19). The number of carboxylic acids is 1. The summed E-state index contributed by atoms with van der Waals surface area (Å²) in [5.41, 5.74) is 4.85. The first-order valence-corrected chi connectivity index (χ1v) is 6.18. The number of nitrogen functional groups attached to an aromatic ring is 1. The molecule has 0 saturated carbocycles. The molecule has 8 heteroatoms. The van der Waals surface area contributed by atoms with Crippen molar-refractivity contribution in [2.24, 2.45) is 0 Å². The average molecular weight is 294 g/mol. The number of aromatic carboxylic acids is 1. The van der Waals surface area contributed by atoms with Crippen LogP contribution in [-0.2, 0) is 4.74 Å². The third kappa shape index (κ3) is 5.89. The van der Waals surface area contributed by atoms with E-state index in [2.05, 4.69) is 15.3 Å². The van der Waals surface area contributed by atoms with Crippen molar-refractivity contribution in [1.29, 1.82) is 0 Å². The number of carbonyl (C=O) groups excluding carboxylic acids is 1. The SMILES string of the molecule is CC(C)(C)OC(=O)NCC=Cc1cnc(N)c(C(=O)O)n1. The van der Waals surface area contributed by atoms with Gasteiger partial charge in [-0.05, 0) is 26.8 Å². The fraction of sp³-hybridized carbons (Fsp3) is 0.385. The molecule has 114 valence electrons. The molecule has 1 aromatic rings. The number of ether oxygens (including phenoxy) is 1. The van der Waals surface area contributed by atoms with Crippen LogP contribution in [-0.4, -0.2) is 39.3 Å². The zero-order chi connectivity index (χ0) is 16.0. The first-order valence-electron chi connectivity index (χ1n) is 6.18. The summed E-state index contributed by atoms with van der Waals surface area (Å²) < 4.78 is 5.05. The Hall–Kier alpha value is -2.64. The van der Waals surface area contributed by atoms with E-state index in [9.17, 15) is 9.59 Å². The molecule has 1 aromatic heterocycles. The second kappa shape index (κ2) is 6.69. The summed E-state index contributed by atoms with van der Waals surface area (Å²) in [5, 5.41) is 11.4. The second-order valence-electron chi connectivity index (χ2n) is 5.12. The van der Waals surface area contributed by atoms with Crippen LogP contribution in [0.5, 0.6) is 0 Å². The molecule has 0 aromatic carbocycles. The molecule has 1 heterocycles. The summed E-state index contributed by atoms with van der Waals surface area (Å²) in [4.78, 5) is 29.8. The molecule has 0 atom stereocenters. The minimum Gasteiger partial charge on any atom is -0.476 e. The maximum Gasteiger partial charge on any atom is 0.407 e. The Morgan fingerprint density at radius 3 is 2.71 bits per heavy atom. The van der Waals surface area contributed by atoms with Gasteiger partial charge in [-0.15, -0.1) is 0 Å². The van der Waals surface area contributed by atoms with Gasteiger partial charge in [-0.1, -0.05) is 6.08 Å². The van der Waals surface area contributed by atoms with E-state index < -0.39 is 17.7 Å². The number of carbonyl (C=O) groups is 2. The van der Waals surface area contributed by atoms with E-state index in [-0.39, 0.29) is 18.1 Å². The number of aromatic nitrogens is 2. The van der Waals surface area contributed by atoms with Crippen LogP contribution in [0, 0.1) is 0 Å². The molecular formula is C13H18N4O4. The molecule has 8 nitrogen and oxygen atoms in total. The predicted molar refractivity (Wildman–Crippen MR) is 76.7 cm³/mol. The number of hydrogen-bond acceptors (Lipinski definition) is 6. The average Bonchev–Trinajstić information content (AvgIpc) is 2.34. The van der Waals surface area contributed by atoms with Gasteiger partial charge in [0.1, 0.15) is 5.60 Å². The molecule has 0 radical (unpaired) electrons. The van der Waals surface area contributed by atoms with Crippen molar-refractivity contribution in [1.82, 2.24) is 15.3 Å². The molecule has 0 unspecified atom stereocenters. The Morgan fingerprint density at radius 1 is 1.48 bits per heavy atom. The van der Waals surface area contributed by atoms with Crippen molar-refractivity contribution < 1.29 is 19.4 Å². The number of nitrogens with two attached hydrogens (primary N) is 1. The van der Waals surface area contributed by atoms with Crippen LogP contribution in [0.2, 0.25) is 0 Å². The van der Waals surface area contributed by atoms with Gasteiger partial charge < -0.3 is 20.9 Å². The minimum atomic E-state index is -1.25. The Bertz CT molecular complexity index is 564. The molecule has 0 saturated heterocycles. The molecular weight excluding hydrogens is 276 g/mol. The Labute approximate surface area is 122 Å². The first kappa shape index (κ1) is 16.4. The molecule has 0 aliphatic carbocycles. The molecule has 21 heavy (non-hydrogen) atoms. The van der Waals surface area contributed by atoms with Crippen molar-refractivity contribution in [3.05, 3.63) is 23.7 Å². The van der Waals surface area contributed by atoms with E-state index in [1.807, 2.05) is 0 Å². The topological polar surface area (TPSA) is 127 Å². The van der Waals surface area contributed by atoms with Crippen molar-refractivity contribution in [3.8, 4) is 0 Å². The summed E-state index contributed by atoms with van der Waals surface area (Å²) in [6.07, 6.45) is 3.92. The zero-order valence-electron chi connectivity index (χ0n) is 12.1. The Balaban J connectivity index is 2.56. The Morgan fingerprint density at radius 2 is 2.14 bits per heavy atom. The van der Waals surface area contributed by atoms with Gasteiger partial charge in [0, 0.05) is 6.54 Å². The van der Waals surface area contributed by atoms with Crippen LogP contribution in [0.15, 0.2) is 12.3 Å². The smallest absolute Gasteiger partial charge is 0.407 e. The van der Waals surface area contributed by atoms with Crippen molar-refractivity contribution in [2.75, 3.05) is 12.3 Å². The van der Waals surface area contributed by atoms with E-state index in [1.165, 1.54) is 12.3 Å². The molecule has 0 aliphatic rings. The van der Waals surface area contributed by atoms with Crippen molar-refractivity contribution in [3.63, 3.8) is 0 Å². The molecule has 1 amide bonds.